The first-order chi connectivity index (χ1) is 10.4. The Morgan fingerprint density at radius 2 is 1.77 bits per heavy atom. The van der Waals surface area contributed by atoms with Crippen LogP contribution in [0.4, 0.5) is 13.2 Å². The summed E-state index contributed by atoms with van der Waals surface area (Å²) in [5, 5.41) is 0.913. The number of fused-ring (bicyclic) bond motifs is 1. The molecule has 1 N–H and O–H groups in total. The van der Waals surface area contributed by atoms with Gasteiger partial charge in [-0.2, -0.15) is 0 Å². The first-order valence-electron chi connectivity index (χ1n) is 6.47. The minimum Gasteiger partial charge on any atom is -0.497 e. The van der Waals surface area contributed by atoms with Crippen molar-refractivity contribution in [3.8, 4) is 22.8 Å². The second-order valence-corrected chi connectivity index (χ2v) is 4.71. The van der Waals surface area contributed by atoms with Crippen molar-refractivity contribution in [1.29, 1.82) is 0 Å². The zero-order chi connectivity index (χ0) is 15.7. The molecule has 0 amide bonds. The van der Waals surface area contributed by atoms with Crippen LogP contribution in [0.2, 0.25) is 0 Å². The number of methoxy groups -OCH3 is 1. The molecule has 0 spiro atoms. The molecular formula is C16H12F3NO2. The van der Waals surface area contributed by atoms with E-state index in [2.05, 4.69) is 9.72 Å². The highest BCUT2D eigenvalue weighted by atomic mass is 19.4. The molecule has 0 aliphatic rings. The molecule has 3 nitrogen and oxygen atoms in total. The molecule has 0 atom stereocenters. The minimum atomic E-state index is -4.70. The second-order valence-electron chi connectivity index (χ2n) is 4.71. The smallest absolute Gasteiger partial charge is 0.497 e. The van der Waals surface area contributed by atoms with Gasteiger partial charge in [0.1, 0.15) is 11.5 Å². The summed E-state index contributed by atoms with van der Waals surface area (Å²) in [6, 6.07) is 13.2. The number of ether oxygens (including phenoxy) is 2. The Balaban J connectivity index is 1.98. The molecule has 114 valence electrons. The number of alkyl halides is 3. The molecule has 6 heteroatoms. The lowest BCUT2D eigenvalue weighted by molar-refractivity contribution is -0.274. The third-order valence-corrected chi connectivity index (χ3v) is 3.21. The Morgan fingerprint density at radius 3 is 2.50 bits per heavy atom. The third kappa shape index (κ3) is 3.00. The van der Waals surface area contributed by atoms with Gasteiger partial charge in [0.2, 0.25) is 0 Å². The van der Waals surface area contributed by atoms with Crippen LogP contribution in [0.5, 0.6) is 11.5 Å². The lowest BCUT2D eigenvalue weighted by Crippen LogP contribution is -2.17. The summed E-state index contributed by atoms with van der Waals surface area (Å²) in [5.41, 5.74) is 2.19. The Morgan fingerprint density at radius 1 is 0.955 bits per heavy atom. The number of nitrogens with one attached hydrogen (secondary N) is 1. The first-order valence-corrected chi connectivity index (χ1v) is 6.47. The molecule has 2 aromatic carbocycles. The van der Waals surface area contributed by atoms with Gasteiger partial charge in [-0.15, -0.1) is 13.2 Å². The van der Waals surface area contributed by atoms with Crippen LogP contribution in [0.15, 0.2) is 48.5 Å². The van der Waals surface area contributed by atoms with Gasteiger partial charge in [0.25, 0.3) is 0 Å². The molecular weight excluding hydrogens is 295 g/mol. The molecule has 1 aromatic heterocycles. The van der Waals surface area contributed by atoms with Crippen molar-refractivity contribution in [3.63, 3.8) is 0 Å². The quantitative estimate of drug-likeness (QED) is 0.758. The van der Waals surface area contributed by atoms with Crippen molar-refractivity contribution >= 4 is 10.9 Å². The average molecular weight is 307 g/mol. The SMILES string of the molecule is COc1ccc2[nH]c(-c3cccc(OC(F)(F)F)c3)cc2c1. The minimum absolute atomic E-state index is 0.249. The summed E-state index contributed by atoms with van der Waals surface area (Å²) in [6.45, 7) is 0. The van der Waals surface area contributed by atoms with Gasteiger partial charge < -0.3 is 14.5 Å². The number of aromatic amines is 1. The molecule has 22 heavy (non-hydrogen) atoms. The van der Waals surface area contributed by atoms with Crippen molar-refractivity contribution in [3.05, 3.63) is 48.5 Å². The molecule has 1 heterocycles. The van der Waals surface area contributed by atoms with Gasteiger partial charge in [0.15, 0.2) is 0 Å². The molecule has 0 aliphatic heterocycles. The zero-order valence-electron chi connectivity index (χ0n) is 11.6. The molecule has 0 fully saturated rings. The largest absolute Gasteiger partial charge is 0.573 e. The normalized spacial score (nSPS) is 11.6. The number of aromatic nitrogens is 1. The first kappa shape index (κ1) is 14.3. The van der Waals surface area contributed by atoms with Gasteiger partial charge in [-0.1, -0.05) is 12.1 Å². The highest BCUT2D eigenvalue weighted by Crippen LogP contribution is 2.30. The molecule has 3 aromatic rings. The highest BCUT2D eigenvalue weighted by molar-refractivity contribution is 5.87. The second kappa shape index (κ2) is 5.29. The fourth-order valence-corrected chi connectivity index (χ4v) is 2.25. The van der Waals surface area contributed by atoms with Crippen LogP contribution in [0, 0.1) is 0 Å². The van der Waals surface area contributed by atoms with Crippen LogP contribution in [0.3, 0.4) is 0 Å². The van der Waals surface area contributed by atoms with Crippen molar-refractivity contribution in [1.82, 2.24) is 4.98 Å². The van der Waals surface area contributed by atoms with Crippen molar-refractivity contribution in [2.75, 3.05) is 7.11 Å². The molecule has 0 saturated heterocycles. The van der Waals surface area contributed by atoms with E-state index in [-0.39, 0.29) is 5.75 Å². The maximum absolute atomic E-state index is 12.3. The van der Waals surface area contributed by atoms with Crippen LogP contribution in [0.1, 0.15) is 0 Å². The van der Waals surface area contributed by atoms with E-state index in [0.29, 0.717) is 17.0 Å². The third-order valence-electron chi connectivity index (χ3n) is 3.21. The van der Waals surface area contributed by atoms with E-state index in [1.54, 1.807) is 13.2 Å². The van der Waals surface area contributed by atoms with E-state index in [0.717, 1.165) is 10.9 Å². The van der Waals surface area contributed by atoms with Gasteiger partial charge in [-0.25, -0.2) is 0 Å². The molecule has 3 rings (SSSR count). The van der Waals surface area contributed by atoms with Gasteiger partial charge in [-0.3, -0.25) is 0 Å². The summed E-state index contributed by atoms with van der Waals surface area (Å²) in [7, 11) is 1.58. The standard InChI is InChI=1S/C16H12F3NO2/c1-21-12-5-6-14-11(8-12)9-15(20-14)10-3-2-4-13(7-10)22-16(17,18)19/h2-9,20H,1H3. The predicted molar refractivity (Wildman–Crippen MR) is 77.0 cm³/mol. The lowest BCUT2D eigenvalue weighted by atomic mass is 10.1. The fourth-order valence-electron chi connectivity index (χ4n) is 2.25. The number of rotatable bonds is 3. The molecule has 0 bridgehead atoms. The maximum atomic E-state index is 12.3. The lowest BCUT2D eigenvalue weighted by Gasteiger charge is -2.09. The average Bonchev–Trinajstić information content (AvgIpc) is 2.88. The van der Waals surface area contributed by atoms with E-state index in [1.807, 2.05) is 24.3 Å². The Hall–Kier alpha value is -2.63. The summed E-state index contributed by atoms with van der Waals surface area (Å²) >= 11 is 0. The topological polar surface area (TPSA) is 34.2 Å². The van der Waals surface area contributed by atoms with E-state index in [1.165, 1.54) is 18.2 Å². The molecule has 0 unspecified atom stereocenters. The van der Waals surface area contributed by atoms with Crippen LogP contribution < -0.4 is 9.47 Å². The van der Waals surface area contributed by atoms with E-state index in [9.17, 15) is 13.2 Å². The molecule has 0 aliphatic carbocycles. The van der Waals surface area contributed by atoms with Crippen molar-refractivity contribution in [2.45, 2.75) is 6.36 Å². The van der Waals surface area contributed by atoms with Gasteiger partial charge >= 0.3 is 6.36 Å². The fraction of sp³-hybridized carbons (Fsp3) is 0.125. The molecule has 0 saturated carbocycles. The summed E-state index contributed by atoms with van der Waals surface area (Å²) in [5.74, 6) is 0.466. The van der Waals surface area contributed by atoms with Gasteiger partial charge in [-0.05, 0) is 36.4 Å². The molecule has 0 radical (unpaired) electrons. The van der Waals surface area contributed by atoms with E-state index >= 15 is 0 Å². The van der Waals surface area contributed by atoms with Crippen LogP contribution >= 0.6 is 0 Å². The Bertz CT molecular complexity index is 809. The number of H-pyrrole nitrogens is 1. The van der Waals surface area contributed by atoms with Crippen molar-refractivity contribution in [2.24, 2.45) is 0 Å². The van der Waals surface area contributed by atoms with Crippen LogP contribution in [-0.4, -0.2) is 18.5 Å². The maximum Gasteiger partial charge on any atom is 0.573 e. The number of hydrogen-bond donors (Lipinski definition) is 1. The summed E-state index contributed by atoms with van der Waals surface area (Å²) in [6.07, 6.45) is -4.70. The zero-order valence-corrected chi connectivity index (χ0v) is 11.6. The van der Waals surface area contributed by atoms with E-state index in [4.69, 9.17) is 4.74 Å². The Labute approximate surface area is 124 Å². The van der Waals surface area contributed by atoms with Crippen LogP contribution in [0.25, 0.3) is 22.2 Å². The number of benzene rings is 2. The van der Waals surface area contributed by atoms with Crippen LogP contribution in [-0.2, 0) is 0 Å². The number of hydrogen-bond acceptors (Lipinski definition) is 2. The van der Waals surface area contributed by atoms with E-state index < -0.39 is 6.36 Å². The van der Waals surface area contributed by atoms with Gasteiger partial charge in [0.05, 0.1) is 7.11 Å². The monoisotopic (exact) mass is 307 g/mol. The Kier molecular flexibility index (Phi) is 3.44. The summed E-state index contributed by atoms with van der Waals surface area (Å²) in [4.78, 5) is 3.16. The van der Waals surface area contributed by atoms with Gasteiger partial charge in [0, 0.05) is 22.2 Å². The number of halogens is 3. The van der Waals surface area contributed by atoms with Crippen molar-refractivity contribution < 1.29 is 22.6 Å². The highest BCUT2D eigenvalue weighted by Gasteiger charge is 2.31. The predicted octanol–water partition coefficient (Wildman–Crippen LogP) is 4.74. The summed E-state index contributed by atoms with van der Waals surface area (Å²) < 4.78 is 45.9.